The van der Waals surface area contributed by atoms with Gasteiger partial charge in [-0.25, -0.2) is 19.2 Å². The average Bonchev–Trinajstić information content (AvgIpc) is 3.21. The first-order chi connectivity index (χ1) is 14.5. The molecule has 0 bridgehead atoms. The third kappa shape index (κ3) is 4.88. The minimum atomic E-state index is -1.64. The molecule has 2 aromatic heterocycles. The Labute approximate surface area is 178 Å². The highest BCUT2D eigenvalue weighted by Gasteiger charge is 2.43. The molecular weight excluding hydrogens is 409 g/mol. The van der Waals surface area contributed by atoms with Crippen LogP contribution >= 0.6 is 0 Å². The lowest BCUT2D eigenvalue weighted by Crippen LogP contribution is -2.32. The van der Waals surface area contributed by atoms with E-state index < -0.39 is 41.7 Å². The van der Waals surface area contributed by atoms with E-state index in [1.807, 2.05) is 0 Å². The first kappa shape index (κ1) is 22.8. The van der Waals surface area contributed by atoms with Crippen LogP contribution in [0.1, 0.15) is 48.9 Å². The van der Waals surface area contributed by atoms with Crippen molar-refractivity contribution in [3.8, 4) is 0 Å². The smallest absolute Gasteiger partial charge is 0.435 e. The molecule has 2 aromatic rings. The highest BCUT2D eigenvalue weighted by Crippen LogP contribution is 2.31. The molecule has 0 radical (unpaired) electrons. The van der Waals surface area contributed by atoms with Gasteiger partial charge in [-0.1, -0.05) is 0 Å². The summed E-state index contributed by atoms with van der Waals surface area (Å²) in [5.74, 6) is -1.11. The number of nitrogens with zero attached hydrogens (tertiary/aromatic N) is 4. The van der Waals surface area contributed by atoms with Gasteiger partial charge in [0.25, 0.3) is 0 Å². The van der Waals surface area contributed by atoms with E-state index in [-0.39, 0.29) is 30.1 Å². The number of aromatic nitrogens is 4. The standard InChI is InChI=1S/C20H26FN5O5/c1-10-5-14(25-26(10)19(30)31-20(2,3)4)17(29)12-7-22-9-23-18(12)24-13-6-11(8-27)16(28)15(13)21/h5,7,9,11,13,15-16,27-28H,6,8H2,1-4H3,(H,22,23,24). The number of aliphatic hydroxyl groups excluding tert-OH is 2. The fraction of sp³-hybridized carbons (Fsp3) is 0.550. The second kappa shape index (κ2) is 8.67. The summed E-state index contributed by atoms with van der Waals surface area (Å²) in [6.45, 7) is 6.41. The molecule has 31 heavy (non-hydrogen) atoms. The maximum absolute atomic E-state index is 14.4. The summed E-state index contributed by atoms with van der Waals surface area (Å²) in [6.07, 6.45) is -1.03. The van der Waals surface area contributed by atoms with E-state index in [0.29, 0.717) is 5.69 Å². The monoisotopic (exact) mass is 435 g/mol. The van der Waals surface area contributed by atoms with E-state index in [9.17, 15) is 24.2 Å². The number of nitrogens with one attached hydrogen (secondary N) is 1. The van der Waals surface area contributed by atoms with Gasteiger partial charge >= 0.3 is 6.09 Å². The van der Waals surface area contributed by atoms with Crippen molar-refractivity contribution in [3.05, 3.63) is 35.5 Å². The minimum Gasteiger partial charge on any atom is -0.442 e. The quantitative estimate of drug-likeness (QED) is 0.596. The zero-order chi connectivity index (χ0) is 22.9. The van der Waals surface area contributed by atoms with Crippen LogP contribution in [-0.2, 0) is 4.74 Å². The van der Waals surface area contributed by atoms with Gasteiger partial charge in [0.05, 0.1) is 17.7 Å². The van der Waals surface area contributed by atoms with Gasteiger partial charge in [0.2, 0.25) is 5.78 Å². The molecular formula is C20H26FN5O5. The fourth-order valence-corrected chi connectivity index (χ4v) is 3.41. The Hall–Kier alpha value is -2.92. The summed E-state index contributed by atoms with van der Waals surface area (Å²) >= 11 is 0. The molecule has 168 valence electrons. The number of alkyl halides is 1. The third-order valence-electron chi connectivity index (χ3n) is 4.95. The Morgan fingerprint density at radius 3 is 2.71 bits per heavy atom. The third-order valence-corrected chi connectivity index (χ3v) is 4.95. The molecule has 0 aromatic carbocycles. The lowest BCUT2D eigenvalue weighted by Gasteiger charge is -2.19. The van der Waals surface area contributed by atoms with Crippen molar-refractivity contribution < 1.29 is 28.9 Å². The Kier molecular flexibility index (Phi) is 6.37. The zero-order valence-electron chi connectivity index (χ0n) is 17.7. The molecule has 0 amide bonds. The lowest BCUT2D eigenvalue weighted by molar-refractivity contribution is 0.0444. The molecule has 0 saturated heterocycles. The molecule has 1 saturated carbocycles. The summed E-state index contributed by atoms with van der Waals surface area (Å²) in [6, 6.07) is 0.594. The van der Waals surface area contributed by atoms with Crippen molar-refractivity contribution in [2.75, 3.05) is 11.9 Å². The molecule has 11 heteroatoms. The van der Waals surface area contributed by atoms with E-state index in [0.717, 1.165) is 4.68 Å². The lowest BCUT2D eigenvalue weighted by atomic mass is 10.1. The molecule has 3 rings (SSSR count). The van der Waals surface area contributed by atoms with Crippen LogP contribution in [0.25, 0.3) is 0 Å². The summed E-state index contributed by atoms with van der Waals surface area (Å²) < 4.78 is 20.7. The van der Waals surface area contributed by atoms with E-state index in [1.165, 1.54) is 18.6 Å². The second-order valence-electron chi connectivity index (χ2n) is 8.54. The summed E-state index contributed by atoms with van der Waals surface area (Å²) in [7, 11) is 0. The Balaban J connectivity index is 1.84. The number of ether oxygens (including phenoxy) is 1. The molecule has 3 N–H and O–H groups in total. The number of ketones is 1. The molecule has 10 nitrogen and oxygen atoms in total. The van der Waals surface area contributed by atoms with Crippen LogP contribution in [0.4, 0.5) is 15.0 Å². The van der Waals surface area contributed by atoms with Crippen LogP contribution in [0.3, 0.4) is 0 Å². The minimum absolute atomic E-state index is 0.0299. The first-order valence-corrected chi connectivity index (χ1v) is 9.86. The topological polar surface area (TPSA) is 139 Å². The second-order valence-corrected chi connectivity index (χ2v) is 8.54. The maximum atomic E-state index is 14.4. The number of hydrogen-bond acceptors (Lipinski definition) is 9. The highest BCUT2D eigenvalue weighted by molar-refractivity contribution is 6.10. The van der Waals surface area contributed by atoms with Gasteiger partial charge in [-0.2, -0.15) is 9.78 Å². The summed E-state index contributed by atoms with van der Waals surface area (Å²) in [5, 5.41) is 26.1. The highest BCUT2D eigenvalue weighted by atomic mass is 19.1. The number of rotatable bonds is 5. The molecule has 4 unspecified atom stereocenters. The van der Waals surface area contributed by atoms with Crippen LogP contribution in [0, 0.1) is 12.8 Å². The van der Waals surface area contributed by atoms with Crippen molar-refractivity contribution in [2.45, 2.75) is 58.0 Å². The fourth-order valence-electron chi connectivity index (χ4n) is 3.41. The number of carbonyl (C=O) groups is 2. The van der Waals surface area contributed by atoms with Crippen LogP contribution < -0.4 is 5.32 Å². The van der Waals surface area contributed by atoms with Crippen molar-refractivity contribution in [1.29, 1.82) is 0 Å². The number of aryl methyl sites for hydroxylation is 1. The van der Waals surface area contributed by atoms with Crippen LogP contribution in [0.15, 0.2) is 18.6 Å². The molecule has 1 aliphatic carbocycles. The van der Waals surface area contributed by atoms with Crippen molar-refractivity contribution >= 4 is 17.7 Å². The summed E-state index contributed by atoms with van der Waals surface area (Å²) in [5.41, 5.74) is -0.328. The van der Waals surface area contributed by atoms with Crippen molar-refractivity contribution in [2.24, 2.45) is 5.92 Å². The molecule has 0 aliphatic heterocycles. The Morgan fingerprint density at radius 1 is 1.39 bits per heavy atom. The van der Waals surface area contributed by atoms with Gasteiger partial charge in [0.15, 0.2) is 0 Å². The molecule has 0 spiro atoms. The van der Waals surface area contributed by atoms with Crippen LogP contribution in [0.2, 0.25) is 0 Å². The zero-order valence-corrected chi connectivity index (χ0v) is 17.7. The maximum Gasteiger partial charge on any atom is 0.435 e. The number of anilines is 1. The van der Waals surface area contributed by atoms with Gasteiger partial charge in [0, 0.05) is 24.4 Å². The van der Waals surface area contributed by atoms with Crippen molar-refractivity contribution in [1.82, 2.24) is 19.7 Å². The predicted octanol–water partition coefficient (Wildman–Crippen LogP) is 1.49. The van der Waals surface area contributed by atoms with Crippen molar-refractivity contribution in [3.63, 3.8) is 0 Å². The van der Waals surface area contributed by atoms with E-state index in [2.05, 4.69) is 20.4 Å². The van der Waals surface area contributed by atoms with Gasteiger partial charge in [0.1, 0.15) is 29.6 Å². The van der Waals surface area contributed by atoms with Gasteiger partial charge < -0.3 is 20.3 Å². The SMILES string of the molecule is Cc1cc(C(=O)c2cncnc2NC2CC(CO)C(O)C2F)nn1C(=O)OC(C)(C)C. The number of aliphatic hydroxyl groups is 2. The van der Waals surface area contributed by atoms with Gasteiger partial charge in [-0.05, 0) is 40.2 Å². The van der Waals surface area contributed by atoms with Gasteiger partial charge in [-0.15, -0.1) is 0 Å². The Morgan fingerprint density at radius 2 is 2.10 bits per heavy atom. The molecule has 1 fully saturated rings. The summed E-state index contributed by atoms with van der Waals surface area (Å²) in [4.78, 5) is 33.3. The van der Waals surface area contributed by atoms with Crippen LogP contribution in [-0.4, -0.2) is 72.4 Å². The average molecular weight is 435 g/mol. The van der Waals surface area contributed by atoms with E-state index >= 15 is 0 Å². The largest absolute Gasteiger partial charge is 0.442 e. The predicted molar refractivity (Wildman–Crippen MR) is 108 cm³/mol. The first-order valence-electron chi connectivity index (χ1n) is 9.86. The van der Waals surface area contributed by atoms with Crippen LogP contribution in [0.5, 0.6) is 0 Å². The number of halogens is 1. The number of hydrogen-bond donors (Lipinski definition) is 3. The number of carbonyl (C=O) groups excluding carboxylic acids is 2. The Bertz CT molecular complexity index is 973. The van der Waals surface area contributed by atoms with E-state index in [1.54, 1.807) is 27.7 Å². The normalized spacial score (nSPS) is 23.6. The molecule has 2 heterocycles. The molecule has 1 aliphatic rings. The molecule has 4 atom stereocenters. The van der Waals surface area contributed by atoms with Gasteiger partial charge in [-0.3, -0.25) is 4.79 Å². The van der Waals surface area contributed by atoms with E-state index in [4.69, 9.17) is 4.74 Å².